The Balaban J connectivity index is 2.94. The lowest BCUT2D eigenvalue weighted by molar-refractivity contribution is -0.118. The molecular formula is C14H21N3O2. The highest BCUT2D eigenvalue weighted by atomic mass is 16.2. The summed E-state index contributed by atoms with van der Waals surface area (Å²) in [7, 11) is 1.56. The predicted octanol–water partition coefficient (Wildman–Crippen LogP) is 1.28. The molecule has 1 rings (SSSR count). The van der Waals surface area contributed by atoms with Crippen LogP contribution in [0.25, 0.3) is 0 Å². The number of hydrogen-bond acceptors (Lipinski definition) is 3. The van der Waals surface area contributed by atoms with E-state index in [-0.39, 0.29) is 17.7 Å². The van der Waals surface area contributed by atoms with Crippen molar-refractivity contribution in [1.82, 2.24) is 5.32 Å². The summed E-state index contributed by atoms with van der Waals surface area (Å²) in [6, 6.07) is 4.59. The standard InChI is InChI=1S/C14H21N3O2/c1-8(2)12(15)14(19)17-11-7-10(13(18)16-4)6-5-9(11)3/h5-8,12H,15H2,1-4H3,(H,16,18)(H,17,19). The lowest BCUT2D eigenvalue weighted by Gasteiger charge is -2.17. The Kier molecular flexibility index (Phi) is 5.06. The van der Waals surface area contributed by atoms with Gasteiger partial charge in [-0.05, 0) is 30.5 Å². The number of amides is 2. The Hall–Kier alpha value is -1.88. The van der Waals surface area contributed by atoms with E-state index in [9.17, 15) is 9.59 Å². The second-order valence-corrected chi connectivity index (χ2v) is 4.87. The zero-order valence-corrected chi connectivity index (χ0v) is 11.8. The zero-order valence-electron chi connectivity index (χ0n) is 11.8. The fourth-order valence-corrected chi connectivity index (χ4v) is 1.56. The summed E-state index contributed by atoms with van der Waals surface area (Å²) in [5.74, 6) is -0.377. The molecule has 0 saturated heterocycles. The number of rotatable bonds is 4. The first kappa shape index (κ1) is 15.2. The van der Waals surface area contributed by atoms with Crippen LogP contribution in [0.15, 0.2) is 18.2 Å². The third kappa shape index (κ3) is 3.79. The fourth-order valence-electron chi connectivity index (χ4n) is 1.56. The number of carbonyl (C=O) groups is 2. The van der Waals surface area contributed by atoms with Gasteiger partial charge in [0.25, 0.3) is 5.91 Å². The molecule has 0 saturated carbocycles. The Morgan fingerprint density at radius 3 is 2.42 bits per heavy atom. The van der Waals surface area contributed by atoms with E-state index >= 15 is 0 Å². The summed E-state index contributed by atoms with van der Waals surface area (Å²) >= 11 is 0. The van der Waals surface area contributed by atoms with Crippen molar-refractivity contribution in [2.75, 3.05) is 12.4 Å². The second-order valence-electron chi connectivity index (χ2n) is 4.87. The second kappa shape index (κ2) is 6.33. The van der Waals surface area contributed by atoms with Gasteiger partial charge in [0, 0.05) is 18.3 Å². The van der Waals surface area contributed by atoms with Crippen molar-refractivity contribution >= 4 is 17.5 Å². The van der Waals surface area contributed by atoms with Crippen LogP contribution in [-0.4, -0.2) is 24.9 Å². The van der Waals surface area contributed by atoms with Gasteiger partial charge in [-0.1, -0.05) is 19.9 Å². The number of nitrogens with two attached hydrogens (primary N) is 1. The van der Waals surface area contributed by atoms with E-state index in [1.807, 2.05) is 20.8 Å². The van der Waals surface area contributed by atoms with Gasteiger partial charge >= 0.3 is 0 Å². The maximum Gasteiger partial charge on any atom is 0.251 e. The molecule has 2 amide bonds. The summed E-state index contributed by atoms with van der Waals surface area (Å²) in [4.78, 5) is 23.5. The van der Waals surface area contributed by atoms with Crippen LogP contribution < -0.4 is 16.4 Å². The normalized spacial score (nSPS) is 12.1. The van der Waals surface area contributed by atoms with Crippen LogP contribution in [0.3, 0.4) is 0 Å². The number of nitrogens with one attached hydrogen (secondary N) is 2. The van der Waals surface area contributed by atoms with Crippen molar-refractivity contribution in [3.8, 4) is 0 Å². The number of hydrogen-bond donors (Lipinski definition) is 3. The summed E-state index contributed by atoms with van der Waals surface area (Å²) in [5, 5.41) is 5.31. The molecule has 104 valence electrons. The lowest BCUT2D eigenvalue weighted by Crippen LogP contribution is -2.39. The first-order chi connectivity index (χ1) is 8.86. The molecule has 4 N–H and O–H groups in total. The molecule has 1 aromatic carbocycles. The van der Waals surface area contributed by atoms with Crippen LogP contribution in [0.4, 0.5) is 5.69 Å². The molecule has 0 radical (unpaired) electrons. The van der Waals surface area contributed by atoms with Crippen molar-refractivity contribution in [2.24, 2.45) is 11.7 Å². The van der Waals surface area contributed by atoms with Gasteiger partial charge in [-0.15, -0.1) is 0 Å². The summed E-state index contributed by atoms with van der Waals surface area (Å²) in [6.45, 7) is 5.64. The minimum absolute atomic E-state index is 0.0578. The molecular weight excluding hydrogens is 242 g/mol. The molecule has 0 aliphatic carbocycles. The van der Waals surface area contributed by atoms with Gasteiger partial charge in [-0.25, -0.2) is 0 Å². The first-order valence-corrected chi connectivity index (χ1v) is 6.26. The maximum atomic E-state index is 11.9. The zero-order chi connectivity index (χ0) is 14.6. The Morgan fingerprint density at radius 1 is 1.26 bits per heavy atom. The maximum absolute atomic E-state index is 11.9. The van der Waals surface area contributed by atoms with Crippen LogP contribution in [-0.2, 0) is 4.79 Å². The average Bonchev–Trinajstić information content (AvgIpc) is 2.39. The minimum atomic E-state index is -0.567. The number of aryl methyl sites for hydroxylation is 1. The number of benzene rings is 1. The van der Waals surface area contributed by atoms with Crippen molar-refractivity contribution in [2.45, 2.75) is 26.8 Å². The molecule has 1 atom stereocenters. The topological polar surface area (TPSA) is 84.2 Å². The summed E-state index contributed by atoms with van der Waals surface area (Å²) < 4.78 is 0. The van der Waals surface area contributed by atoms with Crippen molar-refractivity contribution in [3.05, 3.63) is 29.3 Å². The highest BCUT2D eigenvalue weighted by molar-refractivity contribution is 5.99. The van der Waals surface area contributed by atoms with E-state index in [0.717, 1.165) is 5.56 Å². The largest absolute Gasteiger partial charge is 0.355 e. The summed E-state index contributed by atoms with van der Waals surface area (Å²) in [6.07, 6.45) is 0. The van der Waals surface area contributed by atoms with Gasteiger partial charge in [-0.2, -0.15) is 0 Å². The molecule has 0 heterocycles. The molecule has 0 spiro atoms. The highest BCUT2D eigenvalue weighted by Crippen LogP contribution is 2.17. The molecule has 0 fully saturated rings. The summed E-state index contributed by atoms with van der Waals surface area (Å²) in [5.41, 5.74) is 7.79. The van der Waals surface area contributed by atoms with Crippen LogP contribution >= 0.6 is 0 Å². The molecule has 5 heteroatoms. The van der Waals surface area contributed by atoms with Crippen LogP contribution in [0.5, 0.6) is 0 Å². The SMILES string of the molecule is CNC(=O)c1ccc(C)c(NC(=O)C(N)C(C)C)c1. The third-order valence-corrected chi connectivity index (χ3v) is 3.01. The quantitative estimate of drug-likeness (QED) is 0.765. The van der Waals surface area contributed by atoms with E-state index in [4.69, 9.17) is 5.73 Å². The molecule has 0 aliphatic heterocycles. The molecule has 0 bridgehead atoms. The van der Waals surface area contributed by atoms with Gasteiger partial charge in [0.1, 0.15) is 0 Å². The van der Waals surface area contributed by atoms with Crippen LogP contribution in [0, 0.1) is 12.8 Å². The van der Waals surface area contributed by atoms with Gasteiger partial charge in [-0.3, -0.25) is 9.59 Å². The molecule has 1 aromatic rings. The van der Waals surface area contributed by atoms with Crippen molar-refractivity contribution < 1.29 is 9.59 Å². The van der Waals surface area contributed by atoms with Crippen LogP contribution in [0.1, 0.15) is 29.8 Å². The van der Waals surface area contributed by atoms with Crippen molar-refractivity contribution in [3.63, 3.8) is 0 Å². The molecule has 0 aromatic heterocycles. The third-order valence-electron chi connectivity index (χ3n) is 3.01. The monoisotopic (exact) mass is 263 g/mol. The predicted molar refractivity (Wildman–Crippen MR) is 76.0 cm³/mol. The first-order valence-electron chi connectivity index (χ1n) is 6.26. The van der Waals surface area contributed by atoms with Gasteiger partial charge in [0.05, 0.1) is 6.04 Å². The van der Waals surface area contributed by atoms with E-state index in [1.54, 1.807) is 25.2 Å². The van der Waals surface area contributed by atoms with E-state index in [2.05, 4.69) is 10.6 Å². The molecule has 5 nitrogen and oxygen atoms in total. The number of anilines is 1. The van der Waals surface area contributed by atoms with Crippen LogP contribution in [0.2, 0.25) is 0 Å². The van der Waals surface area contributed by atoms with Gasteiger partial charge in [0.15, 0.2) is 0 Å². The average molecular weight is 263 g/mol. The molecule has 1 unspecified atom stereocenters. The van der Waals surface area contributed by atoms with E-state index < -0.39 is 6.04 Å². The van der Waals surface area contributed by atoms with E-state index in [1.165, 1.54) is 0 Å². The molecule has 19 heavy (non-hydrogen) atoms. The fraction of sp³-hybridized carbons (Fsp3) is 0.429. The molecule has 0 aliphatic rings. The van der Waals surface area contributed by atoms with Crippen molar-refractivity contribution in [1.29, 1.82) is 0 Å². The smallest absolute Gasteiger partial charge is 0.251 e. The van der Waals surface area contributed by atoms with Gasteiger partial charge < -0.3 is 16.4 Å². The minimum Gasteiger partial charge on any atom is -0.355 e. The Labute approximate surface area is 113 Å². The Morgan fingerprint density at radius 2 is 1.89 bits per heavy atom. The Bertz CT molecular complexity index is 484. The lowest BCUT2D eigenvalue weighted by atomic mass is 10.0. The highest BCUT2D eigenvalue weighted by Gasteiger charge is 2.18. The van der Waals surface area contributed by atoms with E-state index in [0.29, 0.717) is 11.3 Å². The van der Waals surface area contributed by atoms with Gasteiger partial charge in [0.2, 0.25) is 5.91 Å². The number of carbonyl (C=O) groups excluding carboxylic acids is 2.